The third kappa shape index (κ3) is 6.10. The number of carboxylic acids is 1. The third-order valence-corrected chi connectivity index (χ3v) is 8.55. The van der Waals surface area contributed by atoms with Crippen LogP contribution in [0.25, 0.3) is 0 Å². The summed E-state index contributed by atoms with van der Waals surface area (Å²) in [5.41, 5.74) is 3.38. The molecule has 4 atom stereocenters. The largest absolute Gasteiger partial charge is 0.477 e. The summed E-state index contributed by atoms with van der Waals surface area (Å²) >= 11 is 12.8. The average Bonchev–Trinajstić information content (AvgIpc) is 2.98. The Morgan fingerprint density at radius 3 is 2.37 bits per heavy atom. The number of aliphatic carboxylic acids is 1. The third-order valence-electron chi connectivity index (χ3n) is 7.99. The Hall–Kier alpha value is -3.57. The normalized spacial score (nSPS) is 22.2. The van der Waals surface area contributed by atoms with Gasteiger partial charge in [0.15, 0.2) is 0 Å². The molecule has 2 aliphatic rings. The molecule has 5 rings (SSSR count). The fraction of sp³-hybridized carbons (Fsp3) is 0.323. The van der Waals surface area contributed by atoms with Crippen LogP contribution >= 0.6 is 23.2 Å². The number of alkyl halides is 2. The van der Waals surface area contributed by atoms with Crippen molar-refractivity contribution >= 4 is 41.0 Å². The first kappa shape index (κ1) is 30.9. The molecule has 1 heterocycles. The van der Waals surface area contributed by atoms with Gasteiger partial charge in [-0.3, -0.25) is 14.4 Å². The summed E-state index contributed by atoms with van der Waals surface area (Å²) in [5, 5.41) is 20.4. The number of aliphatic hydroxyl groups is 1. The second-order valence-corrected chi connectivity index (χ2v) is 11.5. The van der Waals surface area contributed by atoms with Gasteiger partial charge in [-0.15, -0.1) is 0 Å². The molecular weight excluding hydrogens is 605 g/mol. The van der Waals surface area contributed by atoms with Gasteiger partial charge in [0, 0.05) is 21.2 Å². The standard InChI is InChI=1S/C31H28Cl2F2N2O6/c32-19-13-14-22(23(33)15-19)27-26(28(39)36-43-16-17-9-11-18(12-10-17)31(34,35)30(41)42)20-5-1-2-6-21(20)29(40)37(27)24-7-3-4-8-25(24)38/h1-2,5-6,9-15,24-27,38H,3-4,7-8,16H2,(H,36,39)(H,41,42)/t24-,25-,26+,27-/m0/s1. The minimum Gasteiger partial charge on any atom is -0.477 e. The Balaban J connectivity index is 1.47. The summed E-state index contributed by atoms with van der Waals surface area (Å²) in [5.74, 6) is -8.24. The summed E-state index contributed by atoms with van der Waals surface area (Å²) in [6.07, 6.45) is 1.86. The van der Waals surface area contributed by atoms with Crippen molar-refractivity contribution < 1.29 is 38.2 Å². The quantitative estimate of drug-likeness (QED) is 0.262. The average molecular weight is 633 g/mol. The van der Waals surface area contributed by atoms with Gasteiger partial charge in [0.05, 0.1) is 30.7 Å². The first-order valence-electron chi connectivity index (χ1n) is 13.7. The zero-order chi connectivity index (χ0) is 30.9. The van der Waals surface area contributed by atoms with Gasteiger partial charge in [0.25, 0.3) is 11.8 Å². The van der Waals surface area contributed by atoms with E-state index in [2.05, 4.69) is 5.48 Å². The van der Waals surface area contributed by atoms with Gasteiger partial charge < -0.3 is 15.1 Å². The molecule has 1 saturated carbocycles. The number of nitrogens with zero attached hydrogens (tertiary/aromatic N) is 1. The number of carboxylic acid groups (broad SMARTS) is 1. The highest BCUT2D eigenvalue weighted by molar-refractivity contribution is 6.35. The number of benzene rings is 3. The molecule has 1 aliphatic heterocycles. The minimum atomic E-state index is -4.05. The van der Waals surface area contributed by atoms with E-state index >= 15 is 0 Å². The Morgan fingerprint density at radius 1 is 1.00 bits per heavy atom. The second-order valence-electron chi connectivity index (χ2n) is 10.6. The molecule has 8 nitrogen and oxygen atoms in total. The molecule has 0 aromatic heterocycles. The van der Waals surface area contributed by atoms with E-state index in [0.29, 0.717) is 40.1 Å². The van der Waals surface area contributed by atoms with E-state index < -0.39 is 47.5 Å². The van der Waals surface area contributed by atoms with Crippen molar-refractivity contribution in [1.82, 2.24) is 10.4 Å². The maximum Gasteiger partial charge on any atom is 0.379 e. The van der Waals surface area contributed by atoms with Crippen molar-refractivity contribution in [2.24, 2.45) is 0 Å². The molecule has 3 aromatic rings. The van der Waals surface area contributed by atoms with Crippen LogP contribution in [0, 0.1) is 0 Å². The van der Waals surface area contributed by atoms with Crippen LogP contribution in [0.1, 0.15) is 70.3 Å². The van der Waals surface area contributed by atoms with Gasteiger partial charge in [-0.25, -0.2) is 10.3 Å². The van der Waals surface area contributed by atoms with Gasteiger partial charge in [-0.05, 0) is 47.7 Å². The van der Waals surface area contributed by atoms with Crippen LogP contribution in [0.2, 0.25) is 10.0 Å². The fourth-order valence-corrected chi connectivity index (χ4v) is 6.40. The molecule has 2 amide bonds. The van der Waals surface area contributed by atoms with Crippen LogP contribution in [0.4, 0.5) is 8.78 Å². The molecule has 43 heavy (non-hydrogen) atoms. The second kappa shape index (κ2) is 12.6. The lowest BCUT2D eigenvalue weighted by Gasteiger charge is -2.48. The molecule has 0 saturated heterocycles. The van der Waals surface area contributed by atoms with Gasteiger partial charge in [0.1, 0.15) is 0 Å². The van der Waals surface area contributed by atoms with Gasteiger partial charge >= 0.3 is 11.9 Å². The van der Waals surface area contributed by atoms with Crippen molar-refractivity contribution in [2.75, 3.05) is 0 Å². The Morgan fingerprint density at radius 2 is 1.70 bits per heavy atom. The van der Waals surface area contributed by atoms with Crippen molar-refractivity contribution in [3.8, 4) is 0 Å². The maximum absolute atomic E-state index is 14.0. The van der Waals surface area contributed by atoms with Gasteiger partial charge in [0.2, 0.25) is 0 Å². The van der Waals surface area contributed by atoms with Crippen molar-refractivity contribution in [2.45, 2.75) is 62.3 Å². The van der Waals surface area contributed by atoms with Crippen LogP contribution in [0.3, 0.4) is 0 Å². The summed E-state index contributed by atoms with van der Waals surface area (Å²) < 4.78 is 27.6. The van der Waals surface area contributed by atoms with E-state index in [4.69, 9.17) is 33.1 Å². The molecule has 1 fully saturated rings. The fourth-order valence-electron chi connectivity index (χ4n) is 5.88. The maximum atomic E-state index is 14.0. The van der Waals surface area contributed by atoms with Crippen molar-refractivity contribution in [1.29, 1.82) is 0 Å². The van der Waals surface area contributed by atoms with Gasteiger partial charge in [-0.2, -0.15) is 8.78 Å². The minimum absolute atomic E-state index is 0.213. The number of hydrogen-bond donors (Lipinski definition) is 3. The first-order chi connectivity index (χ1) is 20.5. The highest BCUT2D eigenvalue weighted by atomic mass is 35.5. The molecule has 12 heteroatoms. The Kier molecular flexibility index (Phi) is 9.03. The molecule has 0 unspecified atom stereocenters. The zero-order valence-corrected chi connectivity index (χ0v) is 24.2. The summed E-state index contributed by atoms with van der Waals surface area (Å²) in [7, 11) is 0. The lowest BCUT2D eigenvalue weighted by Crippen LogP contribution is -2.55. The topological polar surface area (TPSA) is 116 Å². The molecular formula is C31H28Cl2F2N2O6. The lowest BCUT2D eigenvalue weighted by molar-refractivity contribution is -0.166. The van der Waals surface area contributed by atoms with E-state index in [9.17, 15) is 28.3 Å². The molecule has 0 spiro atoms. The summed E-state index contributed by atoms with van der Waals surface area (Å²) in [6, 6.07) is 14.6. The van der Waals surface area contributed by atoms with Crippen LogP contribution in [0.5, 0.6) is 0 Å². The van der Waals surface area contributed by atoms with E-state index in [0.717, 1.165) is 25.0 Å². The van der Waals surface area contributed by atoms with Gasteiger partial charge in [-0.1, -0.05) is 84.6 Å². The molecule has 3 aromatic carbocycles. The van der Waals surface area contributed by atoms with Crippen LogP contribution < -0.4 is 5.48 Å². The van der Waals surface area contributed by atoms with Crippen LogP contribution in [-0.2, 0) is 27.0 Å². The number of hydroxylamine groups is 1. The van der Waals surface area contributed by atoms with E-state index in [1.807, 2.05) is 0 Å². The highest BCUT2D eigenvalue weighted by Gasteiger charge is 2.49. The van der Waals surface area contributed by atoms with E-state index in [-0.39, 0.29) is 17.5 Å². The zero-order valence-electron chi connectivity index (χ0n) is 22.7. The monoisotopic (exact) mass is 632 g/mol. The number of nitrogens with one attached hydrogen (secondary N) is 1. The van der Waals surface area contributed by atoms with Crippen LogP contribution in [-0.4, -0.2) is 45.0 Å². The number of fused-ring (bicyclic) bond motifs is 1. The van der Waals surface area contributed by atoms with E-state index in [1.165, 1.54) is 18.2 Å². The smallest absolute Gasteiger partial charge is 0.379 e. The number of carbonyl (C=O) groups is 3. The molecule has 226 valence electrons. The highest BCUT2D eigenvalue weighted by Crippen LogP contribution is 2.47. The SMILES string of the molecule is O=C(NOCc1ccc(C(F)(F)C(=O)O)cc1)[C@@H]1c2ccccc2C(=O)N([C@H]2CCCC[C@@H]2O)[C@H]1c1ccc(Cl)cc1Cl. The summed E-state index contributed by atoms with van der Waals surface area (Å²) in [6.45, 7) is -0.213. The molecule has 3 N–H and O–H groups in total. The van der Waals surface area contributed by atoms with Crippen molar-refractivity contribution in [3.05, 3.63) is 105 Å². The number of aliphatic hydroxyl groups excluding tert-OH is 1. The number of hydrogen-bond acceptors (Lipinski definition) is 5. The van der Waals surface area contributed by atoms with Crippen molar-refractivity contribution in [3.63, 3.8) is 0 Å². The molecule has 0 radical (unpaired) electrons. The molecule has 0 bridgehead atoms. The Labute approximate surface area is 256 Å². The number of halogens is 4. The predicted molar refractivity (Wildman–Crippen MR) is 154 cm³/mol. The molecule has 1 aliphatic carbocycles. The van der Waals surface area contributed by atoms with E-state index in [1.54, 1.807) is 41.3 Å². The number of amides is 2. The first-order valence-corrected chi connectivity index (χ1v) is 14.4. The van der Waals surface area contributed by atoms with Crippen LogP contribution in [0.15, 0.2) is 66.7 Å². The number of rotatable bonds is 8. The summed E-state index contributed by atoms with van der Waals surface area (Å²) in [4.78, 5) is 45.8. The Bertz CT molecular complexity index is 1540. The predicted octanol–water partition coefficient (Wildman–Crippen LogP) is 6.00. The lowest BCUT2D eigenvalue weighted by atomic mass is 9.77. The number of carbonyl (C=O) groups excluding carboxylic acids is 2.